The molecule has 4 rings (SSSR count). The van der Waals surface area contributed by atoms with Crippen LogP contribution in [0.5, 0.6) is 5.75 Å². The molecule has 156 valence electrons. The lowest BCUT2D eigenvalue weighted by Crippen LogP contribution is -2.08. The Kier molecular flexibility index (Phi) is 6.47. The summed E-state index contributed by atoms with van der Waals surface area (Å²) in [5.74, 6) is -2.09. The normalized spacial score (nSPS) is 16.1. The van der Waals surface area contributed by atoms with Gasteiger partial charge in [-0.2, -0.15) is 0 Å². The summed E-state index contributed by atoms with van der Waals surface area (Å²) in [6.07, 6.45) is 0.320. The van der Waals surface area contributed by atoms with Crippen LogP contribution in [0.4, 0.5) is 27.8 Å². The molecule has 0 radical (unpaired) electrons. The second-order valence-corrected chi connectivity index (χ2v) is 6.21. The SMILES string of the molecule is FC1CCNC1.Nc1nc(-c2cnc3cc(OCC(F)F)ccn23)c(F)cc1F. The number of hydrogen-bond donors (Lipinski definition) is 2. The fourth-order valence-electron chi connectivity index (χ4n) is 2.67. The standard InChI is InChI=1S/C14H10F4N4O.C4H8FN/c15-8-4-9(16)14(19)21-13(8)10-5-20-12-3-7(1-2-22(10)12)23-6-11(17)18;5-4-1-2-6-3-4/h1-5,11H,6H2,(H2,19,21);4,6H,1-3H2. The van der Waals surface area contributed by atoms with Gasteiger partial charge in [0, 0.05) is 24.9 Å². The lowest BCUT2D eigenvalue weighted by atomic mass is 10.2. The molecular weight excluding hydrogens is 397 g/mol. The average Bonchev–Trinajstić information content (AvgIpc) is 3.32. The second-order valence-electron chi connectivity index (χ2n) is 6.21. The summed E-state index contributed by atoms with van der Waals surface area (Å²) >= 11 is 0. The first-order chi connectivity index (χ1) is 13.8. The molecule has 1 aliphatic heterocycles. The number of nitrogen functional groups attached to an aromatic ring is 1. The zero-order valence-corrected chi connectivity index (χ0v) is 15.1. The Balaban J connectivity index is 0.000000343. The number of nitrogens with two attached hydrogens (primary N) is 1. The van der Waals surface area contributed by atoms with Crippen molar-refractivity contribution in [3.8, 4) is 17.1 Å². The molecule has 1 atom stereocenters. The summed E-state index contributed by atoms with van der Waals surface area (Å²) in [5.41, 5.74) is 5.76. The number of nitrogens with zero attached hydrogens (tertiary/aromatic N) is 3. The minimum absolute atomic E-state index is 0.169. The molecule has 0 amide bonds. The molecule has 3 aromatic rings. The number of rotatable bonds is 4. The highest BCUT2D eigenvalue weighted by molar-refractivity contribution is 5.63. The van der Waals surface area contributed by atoms with Gasteiger partial charge in [-0.15, -0.1) is 0 Å². The van der Waals surface area contributed by atoms with Crippen LogP contribution in [0.2, 0.25) is 0 Å². The lowest BCUT2D eigenvalue weighted by molar-refractivity contribution is 0.0819. The van der Waals surface area contributed by atoms with Gasteiger partial charge in [0.2, 0.25) is 0 Å². The van der Waals surface area contributed by atoms with Crippen molar-refractivity contribution < 1.29 is 26.7 Å². The first-order valence-corrected chi connectivity index (χ1v) is 8.70. The summed E-state index contributed by atoms with van der Waals surface area (Å²) in [7, 11) is 0. The summed E-state index contributed by atoms with van der Waals surface area (Å²) in [6.45, 7) is 0.690. The fraction of sp³-hybridized carbons (Fsp3) is 0.333. The number of aromatic nitrogens is 3. The predicted octanol–water partition coefficient (Wildman–Crippen LogP) is 3.22. The van der Waals surface area contributed by atoms with Crippen molar-refractivity contribution in [2.75, 3.05) is 25.4 Å². The molecule has 0 spiro atoms. The van der Waals surface area contributed by atoms with Crippen LogP contribution < -0.4 is 15.8 Å². The van der Waals surface area contributed by atoms with Crippen LogP contribution in [0, 0.1) is 11.6 Å². The van der Waals surface area contributed by atoms with Crippen molar-refractivity contribution in [3.63, 3.8) is 0 Å². The summed E-state index contributed by atoms with van der Waals surface area (Å²) in [4.78, 5) is 7.71. The van der Waals surface area contributed by atoms with Gasteiger partial charge in [0.25, 0.3) is 6.43 Å². The summed E-state index contributed by atoms with van der Waals surface area (Å²) in [5, 5.41) is 2.90. The zero-order chi connectivity index (χ0) is 21.0. The largest absolute Gasteiger partial charge is 0.487 e. The fourth-order valence-corrected chi connectivity index (χ4v) is 2.67. The third-order valence-electron chi connectivity index (χ3n) is 4.06. The minimum Gasteiger partial charge on any atom is -0.487 e. The molecule has 3 aromatic heterocycles. The van der Waals surface area contributed by atoms with E-state index in [4.69, 9.17) is 10.5 Å². The van der Waals surface area contributed by atoms with Crippen LogP contribution >= 0.6 is 0 Å². The molecule has 3 N–H and O–H groups in total. The third-order valence-corrected chi connectivity index (χ3v) is 4.06. The summed E-state index contributed by atoms with van der Waals surface area (Å²) in [6, 6.07) is 3.47. The molecule has 4 heterocycles. The number of halogens is 5. The third kappa shape index (κ3) is 5.11. The lowest BCUT2D eigenvalue weighted by Gasteiger charge is -2.07. The van der Waals surface area contributed by atoms with Gasteiger partial charge < -0.3 is 15.8 Å². The smallest absolute Gasteiger partial charge is 0.272 e. The predicted molar refractivity (Wildman–Crippen MR) is 96.6 cm³/mol. The molecule has 1 unspecified atom stereocenters. The van der Waals surface area contributed by atoms with E-state index in [1.807, 2.05) is 0 Å². The van der Waals surface area contributed by atoms with E-state index in [0.717, 1.165) is 6.54 Å². The Morgan fingerprint density at radius 1 is 1.28 bits per heavy atom. The maximum absolute atomic E-state index is 13.9. The van der Waals surface area contributed by atoms with E-state index >= 15 is 0 Å². The molecule has 1 aliphatic rings. The van der Waals surface area contributed by atoms with Crippen molar-refractivity contribution in [2.24, 2.45) is 0 Å². The molecule has 0 saturated carbocycles. The Bertz CT molecular complexity index is 975. The number of fused-ring (bicyclic) bond motifs is 1. The number of anilines is 1. The van der Waals surface area contributed by atoms with Crippen molar-refractivity contribution in [2.45, 2.75) is 19.0 Å². The molecule has 29 heavy (non-hydrogen) atoms. The first-order valence-electron chi connectivity index (χ1n) is 8.70. The highest BCUT2D eigenvalue weighted by Crippen LogP contribution is 2.26. The molecular formula is C18H18F5N5O. The van der Waals surface area contributed by atoms with Crippen LogP contribution in [0.1, 0.15) is 6.42 Å². The van der Waals surface area contributed by atoms with E-state index in [9.17, 15) is 22.0 Å². The number of ether oxygens (including phenoxy) is 1. The van der Waals surface area contributed by atoms with Crippen molar-refractivity contribution in [1.82, 2.24) is 19.7 Å². The average molecular weight is 415 g/mol. The van der Waals surface area contributed by atoms with Crippen LogP contribution in [0.25, 0.3) is 17.0 Å². The van der Waals surface area contributed by atoms with Crippen molar-refractivity contribution >= 4 is 11.5 Å². The van der Waals surface area contributed by atoms with E-state index < -0.39 is 36.7 Å². The maximum atomic E-state index is 13.9. The molecule has 1 fully saturated rings. The van der Waals surface area contributed by atoms with E-state index in [0.29, 0.717) is 24.7 Å². The van der Waals surface area contributed by atoms with Crippen molar-refractivity contribution in [1.29, 1.82) is 0 Å². The molecule has 1 saturated heterocycles. The number of pyridine rings is 2. The molecule has 6 nitrogen and oxygen atoms in total. The van der Waals surface area contributed by atoms with Gasteiger partial charge in [-0.25, -0.2) is 31.9 Å². The highest BCUT2D eigenvalue weighted by Gasteiger charge is 2.16. The Hall–Kier alpha value is -2.95. The summed E-state index contributed by atoms with van der Waals surface area (Å²) < 4.78 is 69.6. The molecule has 0 bridgehead atoms. The van der Waals surface area contributed by atoms with Gasteiger partial charge in [0.05, 0.1) is 11.9 Å². The van der Waals surface area contributed by atoms with E-state index in [2.05, 4.69) is 15.3 Å². The van der Waals surface area contributed by atoms with Gasteiger partial charge in [0.15, 0.2) is 17.5 Å². The quantitative estimate of drug-likeness (QED) is 0.640. The van der Waals surface area contributed by atoms with E-state index in [1.54, 1.807) is 0 Å². The van der Waals surface area contributed by atoms with Crippen molar-refractivity contribution in [3.05, 3.63) is 42.2 Å². The van der Waals surface area contributed by atoms with Gasteiger partial charge in [0.1, 0.15) is 29.9 Å². The molecule has 11 heteroatoms. The Morgan fingerprint density at radius 2 is 2.07 bits per heavy atom. The van der Waals surface area contributed by atoms with E-state index in [-0.39, 0.29) is 17.1 Å². The number of nitrogens with one attached hydrogen (secondary N) is 1. The molecule has 0 aromatic carbocycles. The Labute approximate surface area is 162 Å². The van der Waals surface area contributed by atoms with Gasteiger partial charge in [-0.3, -0.25) is 4.40 Å². The van der Waals surface area contributed by atoms with Crippen LogP contribution in [0.3, 0.4) is 0 Å². The second kappa shape index (κ2) is 9.03. The Morgan fingerprint density at radius 3 is 2.69 bits per heavy atom. The zero-order valence-electron chi connectivity index (χ0n) is 15.1. The maximum Gasteiger partial charge on any atom is 0.272 e. The van der Waals surface area contributed by atoms with Gasteiger partial charge in [-0.1, -0.05) is 0 Å². The minimum atomic E-state index is -2.60. The topological polar surface area (TPSA) is 77.5 Å². The number of hydrogen-bond acceptors (Lipinski definition) is 5. The molecule has 0 aliphatic carbocycles. The van der Waals surface area contributed by atoms with Crippen LogP contribution in [-0.2, 0) is 0 Å². The highest BCUT2D eigenvalue weighted by atomic mass is 19.3. The van der Waals surface area contributed by atoms with E-state index in [1.165, 1.54) is 28.9 Å². The number of alkyl halides is 3. The first kappa shape index (κ1) is 20.8. The number of imidazole rings is 1. The van der Waals surface area contributed by atoms with Crippen LogP contribution in [0.15, 0.2) is 30.6 Å². The monoisotopic (exact) mass is 415 g/mol. The van der Waals surface area contributed by atoms with Crippen LogP contribution in [-0.4, -0.2) is 46.7 Å². The van der Waals surface area contributed by atoms with Gasteiger partial charge in [-0.05, 0) is 19.0 Å². The van der Waals surface area contributed by atoms with Gasteiger partial charge >= 0.3 is 0 Å².